The Hall–Kier alpha value is -2.73. The molecule has 37 heavy (non-hydrogen) atoms. The van der Waals surface area contributed by atoms with Gasteiger partial charge in [-0.1, -0.05) is 29.6 Å². The van der Waals surface area contributed by atoms with Gasteiger partial charge in [-0.05, 0) is 37.5 Å². The molecule has 1 saturated carbocycles. The second-order valence-electron chi connectivity index (χ2n) is 10.0. The van der Waals surface area contributed by atoms with Gasteiger partial charge in [0.25, 0.3) is 0 Å². The van der Waals surface area contributed by atoms with E-state index in [1.54, 1.807) is 0 Å². The highest BCUT2D eigenvalue weighted by atomic mass is 19.1. The molecule has 5 atom stereocenters. The van der Waals surface area contributed by atoms with E-state index in [4.69, 9.17) is 14.0 Å². The summed E-state index contributed by atoms with van der Waals surface area (Å²) < 4.78 is 47.5. The zero-order chi connectivity index (χ0) is 26.1. The molecule has 200 valence electrons. The molecule has 0 radical (unpaired) electrons. The van der Waals surface area contributed by atoms with Gasteiger partial charge in [-0.15, -0.1) is 5.10 Å². The van der Waals surface area contributed by atoms with Crippen molar-refractivity contribution in [3.63, 3.8) is 0 Å². The van der Waals surface area contributed by atoms with E-state index in [0.29, 0.717) is 18.0 Å². The predicted octanol–water partition coefficient (Wildman–Crippen LogP) is 3.49. The van der Waals surface area contributed by atoms with Gasteiger partial charge in [0.15, 0.2) is 0 Å². The molecule has 3 heterocycles. The third-order valence-electron chi connectivity index (χ3n) is 7.57. The molecule has 2 N–H and O–H groups in total. The average molecular weight is 519 g/mol. The highest BCUT2D eigenvalue weighted by molar-refractivity contribution is 5.59. The zero-order valence-corrected chi connectivity index (χ0v) is 20.9. The Morgan fingerprint density at radius 3 is 2.62 bits per heavy atom. The number of aryl methyl sites for hydroxylation is 1. The lowest BCUT2D eigenvalue weighted by atomic mass is 9.87. The molecule has 0 spiro atoms. The lowest BCUT2D eigenvalue weighted by Crippen LogP contribution is -2.57. The van der Waals surface area contributed by atoms with Crippen LogP contribution in [0.15, 0.2) is 28.9 Å². The monoisotopic (exact) mass is 518 g/mol. The third-order valence-corrected chi connectivity index (χ3v) is 7.57. The summed E-state index contributed by atoms with van der Waals surface area (Å²) in [6, 6.07) is 3.30. The minimum atomic E-state index is -1.20. The summed E-state index contributed by atoms with van der Waals surface area (Å²) in [6.07, 6.45) is 4.08. The first-order valence-electron chi connectivity index (χ1n) is 12.7. The Morgan fingerprint density at radius 1 is 1.11 bits per heavy atom. The van der Waals surface area contributed by atoms with E-state index in [1.165, 1.54) is 44.2 Å². The molecule has 0 unspecified atom stereocenters. The number of nitrogens with zero attached hydrogens (tertiary/aromatic N) is 4. The SMILES string of the molecule is CO[C@@H]1[C@@H](n2cc(-c3cc(F)c(C)cc3F)nn2)[C@@H](O)[C@@H](CO)O[C@@H]1Cc1cc(C2CCCCC2)on1. The standard InChI is InChI=1S/C26H32F2N4O5/c1-14-8-19(28)17(11-18(14)27)20-12-32(31-29-20)24-25(34)23(13-33)36-22(26(24)35-2)10-16-9-21(37-30-16)15-6-4-3-5-7-15/h8-9,11-12,15,22-26,33-34H,3-7,10,13H2,1-2H3/t22-,23-,24+,25+,26+/m1/s1. The van der Waals surface area contributed by atoms with Gasteiger partial charge in [0.2, 0.25) is 0 Å². The molecule has 1 aliphatic carbocycles. The van der Waals surface area contributed by atoms with Crippen LogP contribution in [-0.2, 0) is 15.9 Å². The summed E-state index contributed by atoms with van der Waals surface area (Å²) in [5.74, 6) is 0.0315. The molecule has 1 aliphatic heterocycles. The Kier molecular flexibility index (Phi) is 7.66. The maximum atomic E-state index is 14.6. The molecule has 1 aromatic carbocycles. The van der Waals surface area contributed by atoms with Crippen molar-refractivity contribution in [2.24, 2.45) is 0 Å². The molecular weight excluding hydrogens is 486 g/mol. The van der Waals surface area contributed by atoms with Crippen LogP contribution in [-0.4, -0.2) is 68.5 Å². The second-order valence-corrected chi connectivity index (χ2v) is 10.0. The largest absolute Gasteiger partial charge is 0.394 e. The number of aromatic nitrogens is 4. The van der Waals surface area contributed by atoms with Gasteiger partial charge < -0.3 is 24.2 Å². The minimum absolute atomic E-state index is 0.0436. The maximum Gasteiger partial charge on any atom is 0.140 e. The predicted molar refractivity (Wildman–Crippen MR) is 128 cm³/mol. The number of ether oxygens (including phenoxy) is 2. The van der Waals surface area contributed by atoms with Gasteiger partial charge in [0, 0.05) is 31.1 Å². The Balaban J connectivity index is 1.41. The number of rotatable bonds is 7. The van der Waals surface area contributed by atoms with Crippen LogP contribution in [0.5, 0.6) is 0 Å². The van der Waals surface area contributed by atoms with Gasteiger partial charge in [0.1, 0.15) is 47.4 Å². The number of aliphatic hydroxyl groups excluding tert-OH is 2. The van der Waals surface area contributed by atoms with E-state index in [-0.39, 0.29) is 16.8 Å². The fourth-order valence-electron chi connectivity index (χ4n) is 5.53. The molecule has 9 nitrogen and oxygen atoms in total. The molecule has 5 rings (SSSR count). The van der Waals surface area contributed by atoms with Crippen LogP contribution in [0.25, 0.3) is 11.3 Å². The Labute approximate surface area is 213 Å². The van der Waals surface area contributed by atoms with Crippen molar-refractivity contribution in [3.8, 4) is 11.3 Å². The fraction of sp³-hybridized carbons (Fsp3) is 0.577. The first-order chi connectivity index (χ1) is 17.9. The van der Waals surface area contributed by atoms with Gasteiger partial charge in [0.05, 0.1) is 24.6 Å². The van der Waals surface area contributed by atoms with Gasteiger partial charge in [-0.2, -0.15) is 0 Å². The number of aliphatic hydroxyl groups is 2. The van der Waals surface area contributed by atoms with Crippen LogP contribution in [0.4, 0.5) is 8.78 Å². The normalized spacial score (nSPS) is 27.0. The highest BCUT2D eigenvalue weighted by Gasteiger charge is 2.47. The van der Waals surface area contributed by atoms with Crippen molar-refractivity contribution in [3.05, 3.63) is 53.0 Å². The maximum absolute atomic E-state index is 14.6. The summed E-state index contributed by atoms with van der Waals surface area (Å²) in [4.78, 5) is 0. The molecule has 3 aromatic rings. The van der Waals surface area contributed by atoms with Gasteiger partial charge >= 0.3 is 0 Å². The van der Waals surface area contributed by atoms with Gasteiger partial charge in [-0.3, -0.25) is 0 Å². The zero-order valence-electron chi connectivity index (χ0n) is 20.9. The molecular formula is C26H32F2N4O5. The van der Waals surface area contributed by atoms with Crippen molar-refractivity contribution in [1.29, 1.82) is 0 Å². The summed E-state index contributed by atoms with van der Waals surface area (Å²) in [5, 5.41) is 33.3. The quantitative estimate of drug-likeness (QED) is 0.489. The van der Waals surface area contributed by atoms with E-state index >= 15 is 0 Å². The lowest BCUT2D eigenvalue weighted by Gasteiger charge is -2.43. The lowest BCUT2D eigenvalue weighted by molar-refractivity contribution is -0.212. The molecule has 2 fully saturated rings. The second kappa shape index (κ2) is 10.9. The van der Waals surface area contributed by atoms with Crippen molar-refractivity contribution in [2.45, 2.75) is 81.8 Å². The number of halogens is 2. The topological polar surface area (TPSA) is 116 Å². The summed E-state index contributed by atoms with van der Waals surface area (Å²) in [5.41, 5.74) is 0.936. The molecule has 0 amide bonds. The fourth-order valence-corrected chi connectivity index (χ4v) is 5.53. The smallest absolute Gasteiger partial charge is 0.140 e. The van der Waals surface area contributed by atoms with Crippen LogP contribution >= 0.6 is 0 Å². The number of methoxy groups -OCH3 is 1. The first kappa shape index (κ1) is 25.9. The highest BCUT2D eigenvalue weighted by Crippen LogP contribution is 2.36. The molecule has 11 heteroatoms. The Morgan fingerprint density at radius 2 is 1.89 bits per heavy atom. The first-order valence-corrected chi connectivity index (χ1v) is 12.7. The summed E-state index contributed by atoms with van der Waals surface area (Å²) in [6.45, 7) is 1.04. The van der Waals surface area contributed by atoms with Crippen LogP contribution < -0.4 is 0 Å². The van der Waals surface area contributed by atoms with Crippen LogP contribution in [0.1, 0.15) is 61.1 Å². The summed E-state index contributed by atoms with van der Waals surface area (Å²) in [7, 11) is 1.49. The number of benzene rings is 1. The molecule has 0 bridgehead atoms. The van der Waals surface area contributed by atoms with E-state index in [1.807, 2.05) is 6.07 Å². The average Bonchev–Trinajstić information content (AvgIpc) is 3.57. The van der Waals surface area contributed by atoms with E-state index < -0.39 is 48.7 Å². The van der Waals surface area contributed by atoms with E-state index in [2.05, 4.69) is 15.5 Å². The minimum Gasteiger partial charge on any atom is -0.394 e. The van der Waals surface area contributed by atoms with Crippen molar-refractivity contribution in [1.82, 2.24) is 20.2 Å². The molecule has 1 saturated heterocycles. The third kappa shape index (κ3) is 5.18. The van der Waals surface area contributed by atoms with E-state index in [9.17, 15) is 19.0 Å². The summed E-state index contributed by atoms with van der Waals surface area (Å²) >= 11 is 0. The Bertz CT molecular complexity index is 1210. The van der Waals surface area contributed by atoms with Gasteiger partial charge in [-0.25, -0.2) is 13.5 Å². The number of hydrogen-bond acceptors (Lipinski definition) is 8. The van der Waals surface area contributed by atoms with Crippen LogP contribution in [0.2, 0.25) is 0 Å². The number of hydrogen-bond donors (Lipinski definition) is 2. The van der Waals surface area contributed by atoms with Crippen molar-refractivity contribution in [2.75, 3.05) is 13.7 Å². The van der Waals surface area contributed by atoms with E-state index in [0.717, 1.165) is 30.7 Å². The van der Waals surface area contributed by atoms with Crippen LogP contribution in [0, 0.1) is 18.6 Å². The van der Waals surface area contributed by atoms with Crippen LogP contribution in [0.3, 0.4) is 0 Å². The van der Waals surface area contributed by atoms with Crippen molar-refractivity contribution >= 4 is 0 Å². The molecule has 2 aliphatic rings. The van der Waals surface area contributed by atoms with Crippen molar-refractivity contribution < 1.29 is 33.0 Å². The molecule has 2 aromatic heterocycles.